The maximum atomic E-state index is 5.35. The average Bonchev–Trinajstić information content (AvgIpc) is 2.26. The quantitative estimate of drug-likeness (QED) is 0.725. The van der Waals surface area contributed by atoms with Crippen LogP contribution in [0.1, 0.15) is 31.2 Å². The Hall–Kier alpha value is -0.500. The molecule has 0 radical (unpaired) electrons. The minimum absolute atomic E-state index is 0.566. The van der Waals surface area contributed by atoms with Gasteiger partial charge >= 0.3 is 0 Å². The van der Waals surface area contributed by atoms with E-state index in [1.54, 1.807) is 7.11 Å². The summed E-state index contributed by atoms with van der Waals surface area (Å²) >= 11 is 3.56. The minimum atomic E-state index is 0.566. The third-order valence-electron chi connectivity index (χ3n) is 2.40. The number of ether oxygens (including phenoxy) is 1. The Kier molecular flexibility index (Phi) is 5.02. The fourth-order valence-electron chi connectivity index (χ4n) is 1.67. The van der Waals surface area contributed by atoms with Crippen LogP contribution in [0, 0.1) is 0 Å². The van der Waals surface area contributed by atoms with Gasteiger partial charge in [0.15, 0.2) is 0 Å². The van der Waals surface area contributed by atoms with Crippen LogP contribution in [0.2, 0.25) is 0 Å². The van der Waals surface area contributed by atoms with Crippen molar-refractivity contribution >= 4 is 15.9 Å². The highest BCUT2D eigenvalue weighted by Crippen LogP contribution is 2.30. The molecule has 1 rings (SSSR count). The highest BCUT2D eigenvalue weighted by atomic mass is 79.9. The Morgan fingerprint density at radius 2 is 2.07 bits per heavy atom. The number of para-hydroxylation sites is 1. The van der Waals surface area contributed by atoms with E-state index in [-0.39, 0.29) is 0 Å². The fraction of sp³-hybridized carbons (Fsp3) is 0.500. The van der Waals surface area contributed by atoms with Gasteiger partial charge in [-0.05, 0) is 24.0 Å². The van der Waals surface area contributed by atoms with E-state index < -0.39 is 0 Å². The number of hydrogen-bond donors (Lipinski definition) is 0. The van der Waals surface area contributed by atoms with Crippen LogP contribution in [0.3, 0.4) is 0 Å². The van der Waals surface area contributed by atoms with Gasteiger partial charge in [0.1, 0.15) is 5.75 Å². The fourth-order valence-corrected chi connectivity index (χ4v) is 2.34. The van der Waals surface area contributed by atoms with E-state index in [1.165, 1.54) is 18.4 Å². The highest BCUT2D eigenvalue weighted by Gasteiger charge is 2.13. The smallest absolute Gasteiger partial charge is 0.122 e. The molecule has 0 aliphatic rings. The van der Waals surface area contributed by atoms with Crippen LogP contribution in [0.25, 0.3) is 0 Å². The molecule has 0 heterocycles. The van der Waals surface area contributed by atoms with Crippen LogP contribution in [0.5, 0.6) is 5.75 Å². The largest absolute Gasteiger partial charge is 0.496 e. The zero-order valence-electron chi connectivity index (χ0n) is 8.79. The van der Waals surface area contributed by atoms with Crippen molar-refractivity contribution in [3.05, 3.63) is 29.8 Å². The molecule has 0 aliphatic carbocycles. The van der Waals surface area contributed by atoms with Gasteiger partial charge in [0.2, 0.25) is 0 Å². The van der Waals surface area contributed by atoms with Crippen molar-refractivity contribution in [3.63, 3.8) is 0 Å². The van der Waals surface area contributed by atoms with Crippen molar-refractivity contribution in [1.82, 2.24) is 0 Å². The third kappa shape index (κ3) is 2.74. The molecule has 2 heteroatoms. The SMILES string of the molecule is CCCC(CBr)c1ccccc1OC. The number of methoxy groups -OCH3 is 1. The summed E-state index contributed by atoms with van der Waals surface area (Å²) in [6.07, 6.45) is 2.40. The summed E-state index contributed by atoms with van der Waals surface area (Å²) in [6.45, 7) is 2.21. The van der Waals surface area contributed by atoms with E-state index in [0.29, 0.717) is 5.92 Å². The van der Waals surface area contributed by atoms with Gasteiger partial charge in [0.05, 0.1) is 7.11 Å². The van der Waals surface area contributed by atoms with Crippen LogP contribution in [-0.2, 0) is 0 Å². The van der Waals surface area contributed by atoms with E-state index in [0.717, 1.165) is 11.1 Å². The molecule has 0 N–H and O–H groups in total. The zero-order valence-corrected chi connectivity index (χ0v) is 10.4. The summed E-state index contributed by atoms with van der Waals surface area (Å²) in [7, 11) is 1.73. The maximum absolute atomic E-state index is 5.35. The van der Waals surface area contributed by atoms with E-state index in [4.69, 9.17) is 4.74 Å². The zero-order chi connectivity index (χ0) is 10.4. The normalized spacial score (nSPS) is 12.5. The lowest BCUT2D eigenvalue weighted by Crippen LogP contribution is -2.02. The summed E-state index contributed by atoms with van der Waals surface area (Å²) in [5.41, 5.74) is 1.31. The summed E-state index contributed by atoms with van der Waals surface area (Å²) < 4.78 is 5.35. The molecule has 0 aromatic heterocycles. The van der Waals surface area contributed by atoms with Crippen LogP contribution >= 0.6 is 15.9 Å². The van der Waals surface area contributed by atoms with Gasteiger partial charge in [0.25, 0.3) is 0 Å². The summed E-state index contributed by atoms with van der Waals surface area (Å²) in [5, 5.41) is 1.00. The number of rotatable bonds is 5. The second-order valence-corrected chi connectivity index (χ2v) is 4.03. The van der Waals surface area contributed by atoms with Crippen LogP contribution < -0.4 is 4.74 Å². The Balaban J connectivity index is 2.90. The molecule has 0 aliphatic heterocycles. The lowest BCUT2D eigenvalue weighted by molar-refractivity contribution is 0.405. The minimum Gasteiger partial charge on any atom is -0.496 e. The molecular formula is C12H17BrO. The molecule has 0 saturated carbocycles. The van der Waals surface area contributed by atoms with Crippen molar-refractivity contribution in [2.24, 2.45) is 0 Å². The Labute approximate surface area is 94.6 Å². The summed E-state index contributed by atoms with van der Waals surface area (Å²) in [6, 6.07) is 8.27. The Bertz CT molecular complexity index is 273. The Morgan fingerprint density at radius 3 is 2.64 bits per heavy atom. The van der Waals surface area contributed by atoms with Gasteiger partial charge in [-0.25, -0.2) is 0 Å². The molecule has 0 bridgehead atoms. The topological polar surface area (TPSA) is 9.23 Å². The second kappa shape index (κ2) is 6.07. The number of benzene rings is 1. The lowest BCUT2D eigenvalue weighted by atomic mass is 9.96. The maximum Gasteiger partial charge on any atom is 0.122 e. The summed E-state index contributed by atoms with van der Waals surface area (Å²) in [4.78, 5) is 0. The molecule has 0 saturated heterocycles. The van der Waals surface area contributed by atoms with Gasteiger partial charge < -0.3 is 4.74 Å². The van der Waals surface area contributed by atoms with E-state index >= 15 is 0 Å². The van der Waals surface area contributed by atoms with Crippen molar-refractivity contribution in [2.45, 2.75) is 25.7 Å². The van der Waals surface area contributed by atoms with Crippen LogP contribution in [0.15, 0.2) is 24.3 Å². The number of hydrogen-bond acceptors (Lipinski definition) is 1. The van der Waals surface area contributed by atoms with Gasteiger partial charge in [0, 0.05) is 5.33 Å². The average molecular weight is 257 g/mol. The second-order valence-electron chi connectivity index (χ2n) is 3.38. The van der Waals surface area contributed by atoms with E-state index in [2.05, 4.69) is 35.0 Å². The molecule has 1 unspecified atom stereocenters. The van der Waals surface area contributed by atoms with Gasteiger partial charge in [-0.3, -0.25) is 0 Å². The first-order chi connectivity index (χ1) is 6.83. The molecule has 0 fully saturated rings. The monoisotopic (exact) mass is 256 g/mol. The predicted molar refractivity (Wildman–Crippen MR) is 64.4 cm³/mol. The molecule has 1 nitrogen and oxygen atoms in total. The molecule has 1 aromatic carbocycles. The van der Waals surface area contributed by atoms with Gasteiger partial charge in [-0.1, -0.05) is 47.5 Å². The molecule has 14 heavy (non-hydrogen) atoms. The van der Waals surface area contributed by atoms with Gasteiger partial charge in [-0.15, -0.1) is 0 Å². The number of halogens is 1. The number of alkyl halides is 1. The van der Waals surface area contributed by atoms with E-state index in [1.807, 2.05) is 12.1 Å². The third-order valence-corrected chi connectivity index (χ3v) is 3.18. The van der Waals surface area contributed by atoms with E-state index in [9.17, 15) is 0 Å². The van der Waals surface area contributed by atoms with Crippen LogP contribution in [0.4, 0.5) is 0 Å². The first kappa shape index (κ1) is 11.6. The van der Waals surface area contributed by atoms with Crippen molar-refractivity contribution < 1.29 is 4.74 Å². The first-order valence-electron chi connectivity index (χ1n) is 5.02. The molecule has 1 atom stereocenters. The lowest BCUT2D eigenvalue weighted by Gasteiger charge is -2.16. The summed E-state index contributed by atoms with van der Waals surface area (Å²) in [5.74, 6) is 1.57. The first-order valence-corrected chi connectivity index (χ1v) is 6.14. The Morgan fingerprint density at radius 1 is 1.36 bits per heavy atom. The van der Waals surface area contributed by atoms with Crippen molar-refractivity contribution in [2.75, 3.05) is 12.4 Å². The van der Waals surface area contributed by atoms with Crippen LogP contribution in [-0.4, -0.2) is 12.4 Å². The molecule has 1 aromatic rings. The molecule has 78 valence electrons. The molecule has 0 spiro atoms. The highest BCUT2D eigenvalue weighted by molar-refractivity contribution is 9.09. The molecule has 0 amide bonds. The standard InChI is InChI=1S/C12H17BrO/c1-3-6-10(9-13)11-7-4-5-8-12(11)14-2/h4-5,7-8,10H,3,6,9H2,1-2H3. The molecular weight excluding hydrogens is 240 g/mol. The van der Waals surface area contributed by atoms with Crippen molar-refractivity contribution in [1.29, 1.82) is 0 Å². The predicted octanol–water partition coefficient (Wildman–Crippen LogP) is 3.97. The van der Waals surface area contributed by atoms with Crippen molar-refractivity contribution in [3.8, 4) is 5.75 Å². The van der Waals surface area contributed by atoms with Gasteiger partial charge in [-0.2, -0.15) is 0 Å².